The average Bonchev–Trinajstić information content (AvgIpc) is 3.30. The molecule has 5 fully saturated rings. The molecule has 68 heavy (non-hydrogen) atoms. The van der Waals surface area contributed by atoms with Crippen molar-refractivity contribution in [2.75, 3.05) is 33.0 Å². The summed E-state index contributed by atoms with van der Waals surface area (Å²) in [5, 5.41) is 184. The average molecular weight is 999 g/mol. The van der Waals surface area contributed by atoms with Crippen molar-refractivity contribution in [3.8, 4) is 0 Å². The molecule has 5 aliphatic heterocycles. The lowest BCUT2D eigenvalue weighted by Gasteiger charge is -2.50. The van der Waals surface area contributed by atoms with Gasteiger partial charge >= 0.3 is 5.97 Å². The molecule has 5 saturated heterocycles. The van der Waals surface area contributed by atoms with Crippen LogP contribution in [0.5, 0.6) is 0 Å². The molecule has 0 aliphatic carbocycles. The lowest BCUT2D eigenvalue weighted by atomic mass is 9.88. The summed E-state index contributed by atoms with van der Waals surface area (Å²) in [6.07, 6.45) is -46.7. The molecule has 0 saturated carbocycles. The molecule has 0 radical (unpaired) electrons. The molecule has 2 amide bonds. The highest BCUT2D eigenvalue weighted by Crippen LogP contribution is 2.39. The van der Waals surface area contributed by atoms with Crippen LogP contribution < -0.4 is 10.6 Å². The van der Waals surface area contributed by atoms with Gasteiger partial charge in [-0.15, -0.1) is 0 Å². The van der Waals surface area contributed by atoms with Crippen LogP contribution in [0.3, 0.4) is 0 Å². The second-order valence-corrected chi connectivity index (χ2v) is 16.9. The van der Waals surface area contributed by atoms with Crippen LogP contribution in [0.4, 0.5) is 0 Å². The van der Waals surface area contributed by atoms with Gasteiger partial charge in [-0.05, 0) is 0 Å². The summed E-state index contributed by atoms with van der Waals surface area (Å²) >= 11 is 0. The zero-order valence-electron chi connectivity index (χ0n) is 36.2. The minimum Gasteiger partial charge on any atom is -0.477 e. The molecule has 0 aromatic carbocycles. The standard InChI is InChI=1S/C37H62N2O29/c1-9(44)38-17-12(62-34-27(55)24(52)20(48)13(5-41)63-34)3-37(36(58)59,68-30(17)19(47)11(46)4-40)60-8-16-21(49)23(51)18(39-10(2)45)33(65-16)67-31-22(50)14(6-42)64-35(28(31)56)66-29-15(7-43)61-32(57)26(54)25(29)53/h11-35,40-43,46-57H,3-8H2,1-2H3,(H,38,44)(H,39,45)(H,58,59)/t11-,12+,13-,14-,15-,16-,17-,18-,19-,20+,21-,22+,23-,24-,25-,26-,27-,28-,29-,30-,31+,32?,33+,34-,35+,37-/m1/s1. The van der Waals surface area contributed by atoms with Gasteiger partial charge < -0.3 is 140 Å². The van der Waals surface area contributed by atoms with Crippen LogP contribution in [-0.4, -0.2) is 297 Å². The highest BCUT2D eigenvalue weighted by Gasteiger charge is 2.60. The predicted molar refractivity (Wildman–Crippen MR) is 207 cm³/mol. The highest BCUT2D eigenvalue weighted by molar-refractivity contribution is 5.76. The van der Waals surface area contributed by atoms with Gasteiger partial charge in [0.15, 0.2) is 25.2 Å². The minimum absolute atomic E-state index is 0.869. The van der Waals surface area contributed by atoms with E-state index in [0.29, 0.717) is 0 Å². The number of rotatable bonds is 18. The van der Waals surface area contributed by atoms with E-state index >= 15 is 0 Å². The molecule has 5 rings (SSSR count). The van der Waals surface area contributed by atoms with Crippen LogP contribution in [0.25, 0.3) is 0 Å². The van der Waals surface area contributed by atoms with Gasteiger partial charge in [0.05, 0.1) is 45.2 Å². The number of aliphatic carboxylic acids is 1. The third kappa shape index (κ3) is 12.0. The summed E-state index contributed by atoms with van der Waals surface area (Å²) < 4.78 is 50.6. The summed E-state index contributed by atoms with van der Waals surface area (Å²) in [7, 11) is 0. The second kappa shape index (κ2) is 23.8. The summed E-state index contributed by atoms with van der Waals surface area (Å²) in [6.45, 7) is -3.26. The molecule has 0 bridgehead atoms. The van der Waals surface area contributed by atoms with Crippen LogP contribution in [-0.2, 0) is 57.0 Å². The Morgan fingerprint density at radius 3 is 1.68 bits per heavy atom. The molecule has 1 unspecified atom stereocenters. The number of amides is 2. The Labute approximate surface area is 384 Å². The van der Waals surface area contributed by atoms with Crippen molar-refractivity contribution in [1.82, 2.24) is 10.6 Å². The van der Waals surface area contributed by atoms with E-state index in [0.717, 1.165) is 13.8 Å². The molecule has 31 nitrogen and oxygen atoms in total. The third-order valence-electron chi connectivity index (χ3n) is 12.1. The van der Waals surface area contributed by atoms with E-state index in [1.54, 1.807) is 0 Å². The number of carbonyl (C=O) groups excluding carboxylic acids is 2. The van der Waals surface area contributed by atoms with E-state index in [-0.39, 0.29) is 0 Å². The summed E-state index contributed by atoms with van der Waals surface area (Å²) in [4.78, 5) is 38.1. The van der Waals surface area contributed by atoms with E-state index in [1.165, 1.54) is 0 Å². The van der Waals surface area contributed by atoms with Crippen molar-refractivity contribution in [3.63, 3.8) is 0 Å². The van der Waals surface area contributed by atoms with Crippen LogP contribution in [0, 0.1) is 0 Å². The molecule has 26 atom stereocenters. The number of carboxylic acid groups (broad SMARTS) is 1. The fourth-order valence-electron chi connectivity index (χ4n) is 8.40. The van der Waals surface area contributed by atoms with Crippen LogP contribution in [0.15, 0.2) is 0 Å². The number of nitrogens with one attached hydrogen (secondary N) is 2. The fourth-order valence-corrected chi connectivity index (χ4v) is 8.40. The number of carboxylic acids is 1. The number of hydrogen-bond donors (Lipinski definition) is 19. The van der Waals surface area contributed by atoms with E-state index in [4.69, 9.17) is 42.6 Å². The van der Waals surface area contributed by atoms with E-state index < -0.39 is 216 Å². The maximum Gasteiger partial charge on any atom is 0.364 e. The Hall–Kier alpha value is -2.59. The number of ether oxygens (including phenoxy) is 9. The molecular formula is C37H62N2O29. The molecule has 31 heteroatoms. The van der Waals surface area contributed by atoms with Crippen molar-refractivity contribution in [2.24, 2.45) is 0 Å². The first-order valence-corrected chi connectivity index (χ1v) is 21.2. The quantitative estimate of drug-likeness (QED) is 0.0606. The molecule has 5 heterocycles. The predicted octanol–water partition coefficient (Wildman–Crippen LogP) is -12.4. The first-order chi connectivity index (χ1) is 31.9. The normalized spacial score (nSPS) is 46.6. The molecule has 19 N–H and O–H groups in total. The molecule has 0 aromatic rings. The van der Waals surface area contributed by atoms with Gasteiger partial charge in [0, 0.05) is 20.3 Å². The summed E-state index contributed by atoms with van der Waals surface area (Å²) in [5.41, 5.74) is 0. The van der Waals surface area contributed by atoms with Crippen molar-refractivity contribution < 1.29 is 144 Å². The van der Waals surface area contributed by atoms with E-state index in [9.17, 15) is 101 Å². The van der Waals surface area contributed by atoms with Gasteiger partial charge in [-0.2, -0.15) is 0 Å². The Kier molecular flexibility index (Phi) is 19.7. The summed E-state index contributed by atoms with van der Waals surface area (Å²) in [6, 6.07) is -3.53. The van der Waals surface area contributed by atoms with Gasteiger partial charge in [0.25, 0.3) is 5.79 Å². The van der Waals surface area contributed by atoms with Crippen molar-refractivity contribution in [2.45, 2.75) is 179 Å². The second-order valence-electron chi connectivity index (χ2n) is 16.9. The Morgan fingerprint density at radius 1 is 0.588 bits per heavy atom. The Morgan fingerprint density at radius 2 is 1.12 bits per heavy atom. The third-order valence-corrected chi connectivity index (χ3v) is 12.1. The van der Waals surface area contributed by atoms with Gasteiger partial charge in [-0.3, -0.25) is 9.59 Å². The summed E-state index contributed by atoms with van der Waals surface area (Å²) in [5.74, 6) is -6.92. The monoisotopic (exact) mass is 998 g/mol. The smallest absolute Gasteiger partial charge is 0.364 e. The highest BCUT2D eigenvalue weighted by atomic mass is 16.8. The van der Waals surface area contributed by atoms with Crippen molar-refractivity contribution in [1.29, 1.82) is 0 Å². The maximum absolute atomic E-state index is 13.3. The lowest BCUT2D eigenvalue weighted by molar-refractivity contribution is -0.376. The van der Waals surface area contributed by atoms with Gasteiger partial charge in [-0.25, -0.2) is 4.79 Å². The lowest BCUT2D eigenvalue weighted by Crippen LogP contribution is -2.70. The molecular weight excluding hydrogens is 936 g/mol. The molecule has 5 aliphatic rings. The number of aliphatic hydroxyl groups is 16. The molecule has 0 spiro atoms. The molecule has 394 valence electrons. The first-order valence-electron chi connectivity index (χ1n) is 21.2. The van der Waals surface area contributed by atoms with Gasteiger partial charge in [-0.1, -0.05) is 0 Å². The minimum atomic E-state index is -3.14. The number of aliphatic hydroxyl groups excluding tert-OH is 16. The van der Waals surface area contributed by atoms with Crippen LogP contribution >= 0.6 is 0 Å². The van der Waals surface area contributed by atoms with Crippen molar-refractivity contribution in [3.05, 3.63) is 0 Å². The zero-order chi connectivity index (χ0) is 50.7. The first kappa shape index (κ1) is 56.3. The van der Waals surface area contributed by atoms with E-state index in [2.05, 4.69) is 10.6 Å². The van der Waals surface area contributed by atoms with E-state index in [1.807, 2.05) is 0 Å². The Bertz CT molecular complexity index is 1650. The maximum atomic E-state index is 13.3. The largest absolute Gasteiger partial charge is 0.477 e. The topological polar surface area (TPSA) is 502 Å². The fraction of sp³-hybridized carbons (Fsp3) is 0.919. The molecule has 0 aromatic heterocycles. The van der Waals surface area contributed by atoms with Crippen molar-refractivity contribution >= 4 is 17.8 Å². The van der Waals surface area contributed by atoms with Crippen LogP contribution in [0.1, 0.15) is 20.3 Å². The SMILES string of the molecule is CC(=O)N[C@H]1[C@H](O[C@H]2[C@@H](O)[C@@H](CO)O[C@@H](O[C@H]3[C@H](O)[C@@H](O)C(O)O[C@@H]3CO)[C@@H]2O)O[C@H](CO[C@]2(C(=O)O)C[C@H](O[C@@H]3O[C@H](CO)[C@H](O)[C@@H](O)[C@H]3O)[C@@H](NC(C)=O)[C@H]([C@H](O)[C@H](O)CO)O2)[C@@H](O)[C@@H]1O. The number of carbonyl (C=O) groups is 3. The number of hydrogen-bond acceptors (Lipinski definition) is 28. The Balaban J connectivity index is 1.45. The zero-order valence-corrected chi connectivity index (χ0v) is 36.2. The van der Waals surface area contributed by atoms with Gasteiger partial charge in [0.2, 0.25) is 11.8 Å². The van der Waals surface area contributed by atoms with Gasteiger partial charge in [0.1, 0.15) is 116 Å². The van der Waals surface area contributed by atoms with Crippen LogP contribution in [0.2, 0.25) is 0 Å².